The minimum atomic E-state index is -0.464. The number of hydrogen-bond acceptors (Lipinski definition) is 4. The highest BCUT2D eigenvalue weighted by molar-refractivity contribution is 5.95. The smallest absolute Gasteiger partial charge is 0.237 e. The van der Waals surface area contributed by atoms with E-state index in [4.69, 9.17) is 4.74 Å². The lowest BCUT2D eigenvalue weighted by molar-refractivity contribution is -0.127. The quantitative estimate of drug-likeness (QED) is 0.736. The minimum absolute atomic E-state index is 0.114. The average molecular weight is 305 g/mol. The maximum atomic E-state index is 12.0. The molecular formula is C16H23N3O3. The largest absolute Gasteiger partial charge is 0.493 e. The zero-order chi connectivity index (χ0) is 15.9. The van der Waals surface area contributed by atoms with Crippen LogP contribution in [0.2, 0.25) is 0 Å². The van der Waals surface area contributed by atoms with Crippen LogP contribution in [0.15, 0.2) is 24.3 Å². The number of piperazine rings is 1. The van der Waals surface area contributed by atoms with E-state index in [1.165, 1.54) is 0 Å². The van der Waals surface area contributed by atoms with E-state index >= 15 is 0 Å². The molecule has 0 bridgehead atoms. The van der Waals surface area contributed by atoms with E-state index in [0.717, 1.165) is 5.75 Å². The molecule has 2 amide bonds. The molecule has 0 radical (unpaired) electrons. The Hall–Kier alpha value is -2.08. The second kappa shape index (κ2) is 7.79. The second-order valence-electron chi connectivity index (χ2n) is 5.78. The maximum absolute atomic E-state index is 12.0. The number of anilines is 1. The van der Waals surface area contributed by atoms with Crippen molar-refractivity contribution in [2.45, 2.75) is 26.3 Å². The van der Waals surface area contributed by atoms with Crippen molar-refractivity contribution in [3.63, 3.8) is 0 Å². The standard InChI is InChI=1S/C16H23N3O3/c1-11(2)10-22-13-5-3-4-12(8-13)19-15(20)9-14-16(21)18-7-6-17-14/h3-5,8,11,14,17H,6-7,9-10H2,1-2H3,(H,18,21)(H,19,20). The van der Waals surface area contributed by atoms with Gasteiger partial charge in [-0.2, -0.15) is 0 Å². The summed E-state index contributed by atoms with van der Waals surface area (Å²) in [5.41, 5.74) is 0.669. The van der Waals surface area contributed by atoms with Crippen molar-refractivity contribution in [3.05, 3.63) is 24.3 Å². The van der Waals surface area contributed by atoms with E-state index < -0.39 is 6.04 Å². The van der Waals surface area contributed by atoms with Crippen LogP contribution >= 0.6 is 0 Å². The van der Waals surface area contributed by atoms with Gasteiger partial charge in [-0.05, 0) is 18.1 Å². The number of rotatable bonds is 6. The summed E-state index contributed by atoms with van der Waals surface area (Å²) in [5.74, 6) is 0.833. The molecular weight excluding hydrogens is 282 g/mol. The van der Waals surface area contributed by atoms with E-state index in [0.29, 0.717) is 31.3 Å². The molecule has 1 aromatic carbocycles. The van der Waals surface area contributed by atoms with Gasteiger partial charge in [0.2, 0.25) is 11.8 Å². The van der Waals surface area contributed by atoms with Crippen molar-refractivity contribution in [2.75, 3.05) is 25.0 Å². The molecule has 6 heteroatoms. The van der Waals surface area contributed by atoms with E-state index in [1.807, 2.05) is 12.1 Å². The van der Waals surface area contributed by atoms with Crippen LogP contribution in [0.25, 0.3) is 0 Å². The van der Waals surface area contributed by atoms with Crippen LogP contribution in [0, 0.1) is 5.92 Å². The summed E-state index contributed by atoms with van der Waals surface area (Å²) < 4.78 is 5.63. The molecule has 0 aromatic heterocycles. The van der Waals surface area contributed by atoms with Gasteiger partial charge in [0.15, 0.2) is 0 Å². The monoisotopic (exact) mass is 305 g/mol. The molecule has 1 heterocycles. The summed E-state index contributed by atoms with van der Waals surface area (Å²) in [7, 11) is 0. The predicted octanol–water partition coefficient (Wildman–Crippen LogP) is 1.14. The Morgan fingerprint density at radius 1 is 1.41 bits per heavy atom. The topological polar surface area (TPSA) is 79.5 Å². The van der Waals surface area contributed by atoms with Gasteiger partial charge in [0, 0.05) is 24.8 Å². The molecule has 0 aliphatic carbocycles. The number of carbonyl (C=O) groups is 2. The first kappa shape index (κ1) is 16.3. The van der Waals surface area contributed by atoms with Crippen molar-refractivity contribution in [3.8, 4) is 5.75 Å². The van der Waals surface area contributed by atoms with Crippen LogP contribution in [-0.4, -0.2) is 37.6 Å². The molecule has 1 saturated heterocycles. The van der Waals surface area contributed by atoms with Gasteiger partial charge in [-0.1, -0.05) is 19.9 Å². The Morgan fingerprint density at radius 2 is 2.23 bits per heavy atom. The molecule has 3 N–H and O–H groups in total. The van der Waals surface area contributed by atoms with Crippen LogP contribution in [0.1, 0.15) is 20.3 Å². The van der Waals surface area contributed by atoms with Gasteiger partial charge in [-0.3, -0.25) is 9.59 Å². The normalized spacial score (nSPS) is 18.0. The first-order chi connectivity index (χ1) is 10.5. The Labute approximate surface area is 130 Å². The molecule has 0 spiro atoms. The summed E-state index contributed by atoms with van der Waals surface area (Å²) in [5, 5.41) is 8.57. The summed E-state index contributed by atoms with van der Waals surface area (Å²) in [6.45, 7) is 6.07. The molecule has 0 saturated carbocycles. The van der Waals surface area contributed by atoms with Gasteiger partial charge in [0.1, 0.15) is 5.75 Å². The fraction of sp³-hybridized carbons (Fsp3) is 0.500. The van der Waals surface area contributed by atoms with Crippen LogP contribution in [-0.2, 0) is 9.59 Å². The van der Waals surface area contributed by atoms with E-state index in [9.17, 15) is 9.59 Å². The Bertz CT molecular complexity index is 531. The zero-order valence-electron chi connectivity index (χ0n) is 13.0. The number of ether oxygens (including phenoxy) is 1. The van der Waals surface area contributed by atoms with Gasteiger partial charge in [-0.25, -0.2) is 0 Å². The fourth-order valence-electron chi connectivity index (χ4n) is 2.14. The summed E-state index contributed by atoms with van der Waals surface area (Å²) in [6.07, 6.45) is 0.114. The van der Waals surface area contributed by atoms with E-state index in [2.05, 4.69) is 29.8 Å². The molecule has 1 atom stereocenters. The molecule has 1 aliphatic heterocycles. The Balaban J connectivity index is 1.88. The fourth-order valence-corrected chi connectivity index (χ4v) is 2.14. The third-order valence-electron chi connectivity index (χ3n) is 3.22. The highest BCUT2D eigenvalue weighted by atomic mass is 16.5. The number of benzene rings is 1. The minimum Gasteiger partial charge on any atom is -0.493 e. The first-order valence-electron chi connectivity index (χ1n) is 7.58. The van der Waals surface area contributed by atoms with Crippen LogP contribution in [0.5, 0.6) is 5.75 Å². The van der Waals surface area contributed by atoms with E-state index in [-0.39, 0.29) is 18.2 Å². The number of carbonyl (C=O) groups excluding carboxylic acids is 2. The van der Waals surface area contributed by atoms with Crippen LogP contribution in [0.4, 0.5) is 5.69 Å². The lowest BCUT2D eigenvalue weighted by Crippen LogP contribution is -2.53. The lowest BCUT2D eigenvalue weighted by Gasteiger charge is -2.22. The average Bonchev–Trinajstić information content (AvgIpc) is 2.48. The lowest BCUT2D eigenvalue weighted by atomic mass is 10.1. The molecule has 1 aliphatic rings. The van der Waals surface area contributed by atoms with Crippen molar-refractivity contribution in [1.82, 2.24) is 10.6 Å². The van der Waals surface area contributed by atoms with Gasteiger partial charge in [0.05, 0.1) is 19.1 Å². The third-order valence-corrected chi connectivity index (χ3v) is 3.22. The van der Waals surface area contributed by atoms with Gasteiger partial charge < -0.3 is 20.7 Å². The highest BCUT2D eigenvalue weighted by Gasteiger charge is 2.23. The number of nitrogens with one attached hydrogen (secondary N) is 3. The molecule has 22 heavy (non-hydrogen) atoms. The second-order valence-corrected chi connectivity index (χ2v) is 5.78. The van der Waals surface area contributed by atoms with Gasteiger partial charge in [0.25, 0.3) is 0 Å². The Morgan fingerprint density at radius 3 is 2.95 bits per heavy atom. The molecule has 6 nitrogen and oxygen atoms in total. The Kier molecular flexibility index (Phi) is 5.77. The molecule has 1 aromatic rings. The highest BCUT2D eigenvalue weighted by Crippen LogP contribution is 2.18. The summed E-state index contributed by atoms with van der Waals surface area (Å²) >= 11 is 0. The number of hydrogen-bond donors (Lipinski definition) is 3. The first-order valence-corrected chi connectivity index (χ1v) is 7.58. The van der Waals surface area contributed by atoms with Crippen molar-refractivity contribution >= 4 is 17.5 Å². The van der Waals surface area contributed by atoms with Crippen molar-refractivity contribution in [2.24, 2.45) is 5.92 Å². The third kappa shape index (κ3) is 5.04. The van der Waals surface area contributed by atoms with Crippen molar-refractivity contribution in [1.29, 1.82) is 0 Å². The predicted molar refractivity (Wildman–Crippen MR) is 84.8 cm³/mol. The molecule has 1 fully saturated rings. The summed E-state index contributed by atoms with van der Waals surface area (Å²) in [4.78, 5) is 23.6. The number of amides is 2. The van der Waals surface area contributed by atoms with Gasteiger partial charge >= 0.3 is 0 Å². The molecule has 120 valence electrons. The van der Waals surface area contributed by atoms with Crippen molar-refractivity contribution < 1.29 is 14.3 Å². The van der Waals surface area contributed by atoms with Gasteiger partial charge in [-0.15, -0.1) is 0 Å². The molecule has 1 unspecified atom stereocenters. The van der Waals surface area contributed by atoms with E-state index in [1.54, 1.807) is 12.1 Å². The van der Waals surface area contributed by atoms with Crippen LogP contribution < -0.4 is 20.7 Å². The maximum Gasteiger partial charge on any atom is 0.237 e. The zero-order valence-corrected chi connectivity index (χ0v) is 13.0. The summed E-state index contributed by atoms with van der Waals surface area (Å²) in [6, 6.07) is 6.81. The SMILES string of the molecule is CC(C)COc1cccc(NC(=O)CC2NCCNC2=O)c1. The molecule has 2 rings (SSSR count). The van der Waals surface area contributed by atoms with Crippen LogP contribution in [0.3, 0.4) is 0 Å².